The largest absolute Gasteiger partial charge is 0.355 e. The maximum Gasteiger partial charge on any atom is 0.255 e. The molecule has 2 saturated heterocycles. The molecular formula is C29H32N6O. The van der Waals surface area contributed by atoms with E-state index in [0.29, 0.717) is 0 Å². The van der Waals surface area contributed by atoms with Gasteiger partial charge in [-0.25, -0.2) is 9.50 Å². The molecule has 184 valence electrons. The zero-order chi connectivity index (χ0) is 24.6. The number of fused-ring (bicyclic) bond motifs is 1. The highest BCUT2D eigenvalue weighted by Crippen LogP contribution is 2.34. The van der Waals surface area contributed by atoms with E-state index < -0.39 is 0 Å². The first-order valence-electron chi connectivity index (χ1n) is 12.9. The van der Waals surface area contributed by atoms with Crippen LogP contribution < -0.4 is 10.6 Å². The molecule has 2 atom stereocenters. The van der Waals surface area contributed by atoms with E-state index in [0.717, 1.165) is 84.7 Å². The molecule has 4 heterocycles. The van der Waals surface area contributed by atoms with E-state index in [4.69, 9.17) is 15.8 Å². The summed E-state index contributed by atoms with van der Waals surface area (Å²) in [5.74, 6) is 1.04. The molecule has 4 aromatic rings. The molecule has 2 fully saturated rings. The number of aromatic nitrogens is 3. The smallest absolute Gasteiger partial charge is 0.255 e. The average Bonchev–Trinajstić information content (AvgIpc) is 3.54. The minimum absolute atomic E-state index is 0.0621. The third-order valence-corrected chi connectivity index (χ3v) is 7.50. The Morgan fingerprint density at radius 1 is 1.00 bits per heavy atom. The number of nitrogens with two attached hydrogens (primary N) is 1. The van der Waals surface area contributed by atoms with Crippen molar-refractivity contribution in [2.45, 2.75) is 44.7 Å². The summed E-state index contributed by atoms with van der Waals surface area (Å²) < 4.78 is 1.86. The summed E-state index contributed by atoms with van der Waals surface area (Å²) >= 11 is 0. The fourth-order valence-corrected chi connectivity index (χ4v) is 5.66. The van der Waals surface area contributed by atoms with E-state index in [-0.39, 0.29) is 18.0 Å². The van der Waals surface area contributed by atoms with Gasteiger partial charge >= 0.3 is 0 Å². The van der Waals surface area contributed by atoms with Gasteiger partial charge in [0.15, 0.2) is 5.65 Å². The van der Waals surface area contributed by atoms with Crippen molar-refractivity contribution in [1.29, 1.82) is 0 Å². The zero-order valence-electron chi connectivity index (χ0n) is 20.7. The second kappa shape index (κ2) is 9.39. The third kappa shape index (κ3) is 4.13. The molecule has 2 N–H and O–H groups in total. The summed E-state index contributed by atoms with van der Waals surface area (Å²) in [6.07, 6.45) is 6.01. The van der Waals surface area contributed by atoms with Gasteiger partial charge in [0.05, 0.1) is 11.7 Å². The van der Waals surface area contributed by atoms with Crippen LogP contribution >= 0.6 is 0 Å². The number of anilines is 1. The highest BCUT2D eigenvalue weighted by atomic mass is 16.2. The molecule has 1 amide bonds. The van der Waals surface area contributed by atoms with E-state index in [2.05, 4.69) is 30.0 Å². The summed E-state index contributed by atoms with van der Waals surface area (Å²) in [7, 11) is 0. The Morgan fingerprint density at radius 3 is 2.61 bits per heavy atom. The summed E-state index contributed by atoms with van der Waals surface area (Å²) in [4.78, 5) is 23.2. The van der Waals surface area contributed by atoms with Gasteiger partial charge in [-0.15, -0.1) is 0 Å². The lowest BCUT2D eigenvalue weighted by Crippen LogP contribution is -2.39. The van der Waals surface area contributed by atoms with Gasteiger partial charge in [0.1, 0.15) is 5.82 Å². The van der Waals surface area contributed by atoms with Crippen molar-refractivity contribution in [3.8, 4) is 11.1 Å². The van der Waals surface area contributed by atoms with Crippen molar-refractivity contribution in [1.82, 2.24) is 19.5 Å². The molecule has 0 radical (unpaired) electrons. The molecule has 2 aromatic carbocycles. The number of nitrogens with zero attached hydrogens (tertiary/aromatic N) is 5. The van der Waals surface area contributed by atoms with Crippen molar-refractivity contribution in [2.75, 3.05) is 24.5 Å². The Morgan fingerprint density at radius 2 is 1.81 bits per heavy atom. The van der Waals surface area contributed by atoms with Crippen LogP contribution in [0.25, 0.3) is 16.8 Å². The lowest BCUT2D eigenvalue weighted by Gasteiger charge is -2.35. The molecule has 0 aliphatic carbocycles. The Hall–Kier alpha value is -3.71. The first-order valence-corrected chi connectivity index (χ1v) is 12.9. The molecule has 6 rings (SSSR count). The van der Waals surface area contributed by atoms with Crippen molar-refractivity contribution in [3.63, 3.8) is 0 Å². The van der Waals surface area contributed by atoms with Crippen LogP contribution in [0.2, 0.25) is 0 Å². The summed E-state index contributed by atoms with van der Waals surface area (Å²) in [6, 6.07) is 20.2. The first kappa shape index (κ1) is 22.7. The van der Waals surface area contributed by atoms with Crippen LogP contribution in [0.5, 0.6) is 0 Å². The molecule has 2 aromatic heterocycles. The predicted octanol–water partition coefficient (Wildman–Crippen LogP) is 4.61. The minimum Gasteiger partial charge on any atom is -0.355 e. The molecule has 0 unspecified atom stereocenters. The van der Waals surface area contributed by atoms with E-state index in [1.807, 2.05) is 58.1 Å². The maximum atomic E-state index is 14.0. The molecule has 2 aliphatic heterocycles. The van der Waals surface area contributed by atoms with Crippen molar-refractivity contribution < 1.29 is 4.79 Å². The van der Waals surface area contributed by atoms with Gasteiger partial charge in [0.2, 0.25) is 0 Å². The van der Waals surface area contributed by atoms with E-state index in [9.17, 15) is 4.79 Å². The number of aryl methyl sites for hydroxylation is 1. The van der Waals surface area contributed by atoms with Gasteiger partial charge in [0.25, 0.3) is 5.91 Å². The fourth-order valence-electron chi connectivity index (χ4n) is 5.66. The monoisotopic (exact) mass is 480 g/mol. The summed E-state index contributed by atoms with van der Waals surface area (Å²) in [6.45, 7) is 4.56. The van der Waals surface area contributed by atoms with Crippen LogP contribution in [0.15, 0.2) is 66.9 Å². The van der Waals surface area contributed by atoms with Crippen LogP contribution in [-0.2, 0) is 0 Å². The summed E-state index contributed by atoms with van der Waals surface area (Å²) in [5, 5.41) is 4.90. The van der Waals surface area contributed by atoms with Crippen LogP contribution in [0.3, 0.4) is 0 Å². The first-order chi connectivity index (χ1) is 17.6. The number of hydrogen-bond donors (Lipinski definition) is 1. The van der Waals surface area contributed by atoms with Gasteiger partial charge in [-0.1, -0.05) is 48.5 Å². The van der Waals surface area contributed by atoms with Crippen molar-refractivity contribution in [3.05, 3.63) is 83.7 Å². The van der Waals surface area contributed by atoms with Crippen LogP contribution in [0, 0.1) is 6.92 Å². The number of carbonyl (C=O) groups excluding carboxylic acids is 1. The van der Waals surface area contributed by atoms with E-state index >= 15 is 0 Å². The van der Waals surface area contributed by atoms with Crippen LogP contribution in [-0.4, -0.2) is 51.1 Å². The SMILES string of the molecule is Cc1cn2nc([C@@H]3CCCCN3C(=O)c3ccccc3-c3ccccc3)cc2nc1N1CC[C@H](N)C1. The van der Waals surface area contributed by atoms with Gasteiger partial charge in [-0.2, -0.15) is 5.10 Å². The number of hydrogen-bond acceptors (Lipinski definition) is 5. The Balaban J connectivity index is 1.34. The molecule has 7 nitrogen and oxygen atoms in total. The highest BCUT2D eigenvalue weighted by molar-refractivity contribution is 6.01. The number of rotatable bonds is 4. The average molecular weight is 481 g/mol. The van der Waals surface area contributed by atoms with Gasteiger partial charge in [0, 0.05) is 49.1 Å². The molecule has 0 saturated carbocycles. The molecule has 7 heteroatoms. The molecule has 0 spiro atoms. The highest BCUT2D eigenvalue weighted by Gasteiger charge is 2.32. The molecule has 36 heavy (non-hydrogen) atoms. The number of benzene rings is 2. The maximum absolute atomic E-state index is 14.0. The van der Waals surface area contributed by atoms with E-state index in [1.165, 1.54) is 0 Å². The van der Waals surface area contributed by atoms with Crippen molar-refractivity contribution in [2.24, 2.45) is 5.73 Å². The van der Waals surface area contributed by atoms with Gasteiger partial charge < -0.3 is 15.5 Å². The second-order valence-electron chi connectivity index (χ2n) is 10.0. The van der Waals surface area contributed by atoms with Crippen molar-refractivity contribution >= 4 is 17.4 Å². The number of amides is 1. The molecule has 2 aliphatic rings. The minimum atomic E-state index is -0.0688. The second-order valence-corrected chi connectivity index (χ2v) is 10.0. The van der Waals surface area contributed by atoms with Crippen LogP contribution in [0.4, 0.5) is 5.82 Å². The fraction of sp³-hybridized carbons (Fsp3) is 0.345. The molecule has 0 bridgehead atoms. The van der Waals surface area contributed by atoms with Gasteiger partial charge in [-0.3, -0.25) is 4.79 Å². The number of piperidine rings is 1. The van der Waals surface area contributed by atoms with E-state index in [1.54, 1.807) is 0 Å². The topological polar surface area (TPSA) is 79.8 Å². The quantitative estimate of drug-likeness (QED) is 0.461. The Bertz CT molecular complexity index is 1400. The lowest BCUT2D eigenvalue weighted by molar-refractivity contribution is 0.0606. The third-order valence-electron chi connectivity index (χ3n) is 7.50. The zero-order valence-corrected chi connectivity index (χ0v) is 20.7. The normalized spacial score (nSPS) is 20.3. The number of likely N-dealkylation sites (tertiary alicyclic amines) is 1. The Labute approximate surface area is 211 Å². The lowest BCUT2D eigenvalue weighted by atomic mass is 9.95. The standard InChI is InChI=1S/C29H32N6O/c1-20-18-35-27(31-28(20)33-16-14-22(30)19-33)17-25(32-35)26-13-7-8-15-34(26)29(36)24-12-6-5-11-23(24)21-9-3-2-4-10-21/h2-6,9-12,17-18,22,26H,7-8,13-16,19,30H2,1H3/t22-,26-/m0/s1. The number of carbonyl (C=O) groups is 1. The Kier molecular flexibility index (Phi) is 5.93. The van der Waals surface area contributed by atoms with Crippen LogP contribution in [0.1, 0.15) is 53.3 Å². The van der Waals surface area contributed by atoms with Gasteiger partial charge in [-0.05, 0) is 49.8 Å². The molecular weight excluding hydrogens is 448 g/mol. The predicted molar refractivity (Wildman–Crippen MR) is 142 cm³/mol. The summed E-state index contributed by atoms with van der Waals surface area (Å²) in [5.41, 5.74) is 11.7.